The zero-order valence-electron chi connectivity index (χ0n) is 9.04. The molecule has 0 aliphatic heterocycles. The summed E-state index contributed by atoms with van der Waals surface area (Å²) in [5.41, 5.74) is 3.50. The molecule has 0 radical (unpaired) electrons. The Morgan fingerprint density at radius 2 is 2.27 bits per heavy atom. The second-order valence-electron chi connectivity index (χ2n) is 3.87. The van der Waals surface area contributed by atoms with E-state index in [1.807, 2.05) is 19.2 Å². The van der Waals surface area contributed by atoms with Gasteiger partial charge in [0, 0.05) is 17.1 Å². The summed E-state index contributed by atoms with van der Waals surface area (Å²) in [5, 5.41) is 10.2. The van der Waals surface area contributed by atoms with E-state index < -0.39 is 0 Å². The molecule has 2 rings (SSSR count). The second kappa shape index (κ2) is 3.78. The lowest BCUT2D eigenvalue weighted by Gasteiger charge is -2.06. The van der Waals surface area contributed by atoms with Crippen molar-refractivity contribution in [2.45, 2.75) is 26.2 Å². The minimum absolute atomic E-state index is 0.0173. The van der Waals surface area contributed by atoms with Crippen LogP contribution >= 0.6 is 0 Å². The van der Waals surface area contributed by atoms with Crippen LogP contribution in [-0.4, -0.2) is 4.98 Å². The van der Waals surface area contributed by atoms with Crippen molar-refractivity contribution in [2.75, 3.05) is 0 Å². The van der Waals surface area contributed by atoms with Gasteiger partial charge in [0.1, 0.15) is 0 Å². The van der Waals surface area contributed by atoms with Crippen LogP contribution in [0.2, 0.25) is 0 Å². The molecule has 0 aliphatic carbocycles. The van der Waals surface area contributed by atoms with E-state index in [1.54, 1.807) is 0 Å². The van der Waals surface area contributed by atoms with Gasteiger partial charge in [0.25, 0.3) is 0 Å². The van der Waals surface area contributed by atoms with Crippen LogP contribution in [0.4, 0.5) is 0 Å². The molecule has 0 saturated carbocycles. The molecule has 2 heteroatoms. The van der Waals surface area contributed by atoms with Crippen molar-refractivity contribution in [2.24, 2.45) is 0 Å². The van der Waals surface area contributed by atoms with Crippen molar-refractivity contribution in [1.82, 2.24) is 4.98 Å². The van der Waals surface area contributed by atoms with Crippen LogP contribution < -0.4 is 0 Å². The number of benzene rings is 1. The number of aromatic nitrogens is 1. The normalized spacial score (nSPS) is 12.6. The summed E-state index contributed by atoms with van der Waals surface area (Å²) in [5.74, 6) is 0.0173. The van der Waals surface area contributed by atoms with Gasteiger partial charge in [-0.1, -0.05) is 13.0 Å². The topological polar surface area (TPSA) is 39.6 Å². The SMILES string of the molecule is CCC(C#N)c1ccc2[nH]cc(C)c2c1. The van der Waals surface area contributed by atoms with Crippen molar-refractivity contribution >= 4 is 10.9 Å². The summed E-state index contributed by atoms with van der Waals surface area (Å²) < 4.78 is 0. The van der Waals surface area contributed by atoms with E-state index in [0.717, 1.165) is 17.5 Å². The van der Waals surface area contributed by atoms with Crippen molar-refractivity contribution in [3.05, 3.63) is 35.5 Å². The molecule has 2 nitrogen and oxygen atoms in total. The smallest absolute Gasteiger partial charge is 0.0710 e. The molecule has 2 aromatic rings. The number of nitrogens with zero attached hydrogens (tertiary/aromatic N) is 1. The molecule has 1 heterocycles. The molecule has 1 N–H and O–H groups in total. The largest absolute Gasteiger partial charge is 0.361 e. The molecule has 0 aliphatic rings. The van der Waals surface area contributed by atoms with Crippen molar-refractivity contribution in [3.63, 3.8) is 0 Å². The van der Waals surface area contributed by atoms with Gasteiger partial charge in [-0.15, -0.1) is 0 Å². The van der Waals surface area contributed by atoms with Crippen LogP contribution in [-0.2, 0) is 0 Å². The van der Waals surface area contributed by atoms with Gasteiger partial charge < -0.3 is 4.98 Å². The Morgan fingerprint density at radius 1 is 1.47 bits per heavy atom. The van der Waals surface area contributed by atoms with Gasteiger partial charge in [0.2, 0.25) is 0 Å². The average Bonchev–Trinajstić information content (AvgIpc) is 2.62. The number of hydrogen-bond donors (Lipinski definition) is 1. The molecule has 0 fully saturated rings. The van der Waals surface area contributed by atoms with Gasteiger partial charge in [-0.3, -0.25) is 0 Å². The Hall–Kier alpha value is -1.75. The summed E-state index contributed by atoms with van der Waals surface area (Å²) in [6, 6.07) is 8.55. The number of rotatable bonds is 2. The van der Waals surface area contributed by atoms with Gasteiger partial charge in [0.05, 0.1) is 12.0 Å². The Kier molecular flexibility index (Phi) is 2.47. The highest BCUT2D eigenvalue weighted by Crippen LogP contribution is 2.24. The van der Waals surface area contributed by atoms with Crippen LogP contribution in [0.25, 0.3) is 10.9 Å². The van der Waals surface area contributed by atoms with Gasteiger partial charge in [-0.25, -0.2) is 0 Å². The van der Waals surface area contributed by atoms with E-state index in [4.69, 9.17) is 5.26 Å². The monoisotopic (exact) mass is 198 g/mol. The lowest BCUT2D eigenvalue weighted by Crippen LogP contribution is -1.92. The van der Waals surface area contributed by atoms with Gasteiger partial charge >= 0.3 is 0 Å². The molecule has 1 aromatic heterocycles. The highest BCUT2D eigenvalue weighted by molar-refractivity contribution is 5.83. The van der Waals surface area contributed by atoms with E-state index in [0.29, 0.717) is 0 Å². The number of fused-ring (bicyclic) bond motifs is 1. The zero-order chi connectivity index (χ0) is 10.8. The third kappa shape index (κ3) is 1.61. The Bertz CT molecular complexity index is 517. The minimum atomic E-state index is 0.0173. The third-order valence-electron chi connectivity index (χ3n) is 2.88. The van der Waals surface area contributed by atoms with Crippen LogP contribution in [0, 0.1) is 18.3 Å². The molecular formula is C13H14N2. The second-order valence-corrected chi connectivity index (χ2v) is 3.87. The van der Waals surface area contributed by atoms with E-state index in [-0.39, 0.29) is 5.92 Å². The maximum Gasteiger partial charge on any atom is 0.0710 e. The van der Waals surface area contributed by atoms with Crippen LogP contribution in [0.1, 0.15) is 30.4 Å². The van der Waals surface area contributed by atoms with Gasteiger partial charge in [-0.2, -0.15) is 5.26 Å². The Balaban J connectivity index is 2.55. The highest BCUT2D eigenvalue weighted by atomic mass is 14.7. The summed E-state index contributed by atoms with van der Waals surface area (Å²) >= 11 is 0. The van der Waals surface area contributed by atoms with E-state index in [1.165, 1.54) is 10.9 Å². The fourth-order valence-electron chi connectivity index (χ4n) is 1.90. The summed E-state index contributed by atoms with van der Waals surface area (Å²) in [4.78, 5) is 3.21. The van der Waals surface area contributed by atoms with Crippen LogP contribution in [0.5, 0.6) is 0 Å². The molecule has 0 spiro atoms. The number of aromatic amines is 1. The molecule has 1 atom stereocenters. The lowest BCUT2D eigenvalue weighted by molar-refractivity contribution is 0.820. The Labute approximate surface area is 89.5 Å². The molecule has 76 valence electrons. The first-order valence-corrected chi connectivity index (χ1v) is 5.23. The standard InChI is InChI=1S/C13H14N2/c1-3-10(7-14)11-4-5-13-12(6-11)9(2)8-15-13/h4-6,8,10,15H,3H2,1-2H3. The molecule has 0 bridgehead atoms. The maximum atomic E-state index is 9.01. The number of nitriles is 1. The Morgan fingerprint density at radius 3 is 2.93 bits per heavy atom. The summed E-state index contributed by atoms with van der Waals surface area (Å²) in [6.07, 6.45) is 2.87. The fraction of sp³-hybridized carbons (Fsp3) is 0.308. The van der Waals surface area contributed by atoms with Crippen LogP contribution in [0.3, 0.4) is 0 Å². The maximum absolute atomic E-state index is 9.01. The minimum Gasteiger partial charge on any atom is -0.361 e. The number of hydrogen-bond acceptors (Lipinski definition) is 1. The lowest BCUT2D eigenvalue weighted by atomic mass is 9.96. The molecule has 1 aromatic carbocycles. The number of nitrogens with one attached hydrogen (secondary N) is 1. The third-order valence-corrected chi connectivity index (χ3v) is 2.88. The number of aryl methyl sites for hydroxylation is 1. The number of H-pyrrole nitrogens is 1. The predicted molar refractivity (Wildman–Crippen MR) is 61.7 cm³/mol. The van der Waals surface area contributed by atoms with E-state index in [2.05, 4.69) is 30.1 Å². The molecule has 15 heavy (non-hydrogen) atoms. The fourth-order valence-corrected chi connectivity index (χ4v) is 1.90. The molecular weight excluding hydrogens is 184 g/mol. The van der Waals surface area contributed by atoms with Crippen molar-refractivity contribution in [1.29, 1.82) is 5.26 Å². The average molecular weight is 198 g/mol. The molecule has 0 saturated heterocycles. The first-order chi connectivity index (χ1) is 7.26. The highest BCUT2D eigenvalue weighted by Gasteiger charge is 2.09. The van der Waals surface area contributed by atoms with E-state index >= 15 is 0 Å². The van der Waals surface area contributed by atoms with E-state index in [9.17, 15) is 0 Å². The molecule has 0 amide bonds. The van der Waals surface area contributed by atoms with Crippen molar-refractivity contribution in [3.8, 4) is 6.07 Å². The zero-order valence-corrected chi connectivity index (χ0v) is 9.04. The van der Waals surface area contributed by atoms with Crippen molar-refractivity contribution < 1.29 is 0 Å². The summed E-state index contributed by atoms with van der Waals surface area (Å²) in [7, 11) is 0. The predicted octanol–water partition coefficient (Wildman–Crippen LogP) is 3.49. The van der Waals surface area contributed by atoms with Gasteiger partial charge in [0.15, 0.2) is 0 Å². The molecule has 1 unspecified atom stereocenters. The first-order valence-electron chi connectivity index (χ1n) is 5.23. The van der Waals surface area contributed by atoms with Crippen LogP contribution in [0.15, 0.2) is 24.4 Å². The quantitative estimate of drug-likeness (QED) is 0.788. The van der Waals surface area contributed by atoms with Gasteiger partial charge in [-0.05, 0) is 36.6 Å². The first kappa shape index (κ1) is 9.79. The summed E-state index contributed by atoms with van der Waals surface area (Å²) in [6.45, 7) is 4.12.